The summed E-state index contributed by atoms with van der Waals surface area (Å²) in [4.78, 5) is 18.0. The lowest BCUT2D eigenvalue weighted by Crippen LogP contribution is -2.32. The zero-order valence-electron chi connectivity index (χ0n) is 16.4. The van der Waals surface area contributed by atoms with Crippen LogP contribution in [0.2, 0.25) is 5.15 Å². The van der Waals surface area contributed by atoms with Gasteiger partial charge in [-0.05, 0) is 26.7 Å². The van der Waals surface area contributed by atoms with E-state index in [-0.39, 0.29) is 6.10 Å². The van der Waals surface area contributed by atoms with E-state index in [1.54, 1.807) is 7.11 Å². The average Bonchev–Trinajstić information content (AvgIpc) is 2.98. The van der Waals surface area contributed by atoms with E-state index in [0.29, 0.717) is 29.2 Å². The molecule has 148 valence electrons. The molecular formula is C18H27ClN6O2. The van der Waals surface area contributed by atoms with Gasteiger partial charge in [-0.15, -0.1) is 0 Å². The molecule has 8 nitrogen and oxygen atoms in total. The maximum atomic E-state index is 6.34. The van der Waals surface area contributed by atoms with Crippen LogP contribution in [0.5, 0.6) is 0 Å². The highest BCUT2D eigenvalue weighted by molar-refractivity contribution is 6.30. The fraction of sp³-hybridized carbons (Fsp3) is 0.667. The number of aromatic nitrogens is 4. The first-order chi connectivity index (χ1) is 13.0. The Morgan fingerprint density at radius 2 is 2.00 bits per heavy atom. The summed E-state index contributed by atoms with van der Waals surface area (Å²) >= 11 is 6.34. The first-order valence-corrected chi connectivity index (χ1v) is 9.75. The molecule has 9 heteroatoms. The van der Waals surface area contributed by atoms with Crippen molar-refractivity contribution in [1.82, 2.24) is 25.0 Å². The van der Waals surface area contributed by atoms with Gasteiger partial charge in [0.05, 0.1) is 6.54 Å². The van der Waals surface area contributed by atoms with Gasteiger partial charge < -0.3 is 14.2 Å². The first-order valence-electron chi connectivity index (χ1n) is 9.37. The van der Waals surface area contributed by atoms with Crippen molar-refractivity contribution in [2.24, 2.45) is 0 Å². The molecule has 2 aromatic rings. The van der Waals surface area contributed by atoms with E-state index in [1.165, 1.54) is 0 Å². The van der Waals surface area contributed by atoms with Gasteiger partial charge in [0.15, 0.2) is 5.82 Å². The number of ether oxygens (including phenoxy) is 1. The zero-order chi connectivity index (χ0) is 19.4. The largest absolute Gasteiger partial charge is 0.374 e. The van der Waals surface area contributed by atoms with Gasteiger partial charge in [0, 0.05) is 38.9 Å². The molecule has 0 radical (unpaired) electrons. The second-order valence-corrected chi connectivity index (χ2v) is 7.12. The van der Waals surface area contributed by atoms with Crippen LogP contribution in [-0.4, -0.2) is 58.3 Å². The van der Waals surface area contributed by atoms with Gasteiger partial charge in [0.2, 0.25) is 5.89 Å². The lowest BCUT2D eigenvalue weighted by Gasteiger charge is -2.25. The topological polar surface area (TPSA) is 80.4 Å². The molecule has 0 N–H and O–H groups in total. The van der Waals surface area contributed by atoms with Crippen LogP contribution in [0.4, 0.5) is 5.82 Å². The molecular weight excluding hydrogens is 368 g/mol. The zero-order valence-corrected chi connectivity index (χ0v) is 17.2. The Morgan fingerprint density at radius 3 is 2.74 bits per heavy atom. The molecule has 1 fully saturated rings. The second kappa shape index (κ2) is 8.95. The highest BCUT2D eigenvalue weighted by atomic mass is 35.5. The monoisotopic (exact) mass is 394 g/mol. The molecule has 3 rings (SSSR count). The lowest BCUT2D eigenvalue weighted by atomic mass is 10.2. The van der Waals surface area contributed by atoms with Crippen LogP contribution in [0.15, 0.2) is 4.52 Å². The molecule has 0 aliphatic carbocycles. The van der Waals surface area contributed by atoms with E-state index in [9.17, 15) is 0 Å². The van der Waals surface area contributed by atoms with Gasteiger partial charge in [-0.1, -0.05) is 23.7 Å². The Labute approximate surface area is 164 Å². The lowest BCUT2D eigenvalue weighted by molar-refractivity contribution is 0.109. The number of anilines is 1. The standard InChI is InChI=1S/C18H27ClN6O2/c1-5-14-16(19)20-13(3)21-18(14)25-8-6-7-24(9-10-25)11-15-22-17(23-27-15)12(2)26-4/h12H,5-11H2,1-4H3. The fourth-order valence-corrected chi connectivity index (χ4v) is 3.59. The number of halogens is 1. The minimum Gasteiger partial charge on any atom is -0.374 e. The van der Waals surface area contributed by atoms with Crippen molar-refractivity contribution in [3.05, 3.63) is 28.3 Å². The van der Waals surface area contributed by atoms with Crippen LogP contribution in [0.1, 0.15) is 49.5 Å². The quantitative estimate of drug-likeness (QED) is 0.692. The Morgan fingerprint density at radius 1 is 1.19 bits per heavy atom. The number of aryl methyl sites for hydroxylation is 1. The van der Waals surface area contributed by atoms with Gasteiger partial charge in [-0.3, -0.25) is 4.90 Å². The minimum atomic E-state index is -0.166. The van der Waals surface area contributed by atoms with Crippen molar-refractivity contribution in [1.29, 1.82) is 0 Å². The predicted octanol–water partition coefficient (Wildman–Crippen LogP) is 2.80. The highest BCUT2D eigenvalue weighted by Gasteiger charge is 2.22. The highest BCUT2D eigenvalue weighted by Crippen LogP contribution is 2.26. The van der Waals surface area contributed by atoms with Crippen LogP contribution in [0.3, 0.4) is 0 Å². The molecule has 0 bridgehead atoms. The van der Waals surface area contributed by atoms with Gasteiger partial charge in [0.25, 0.3) is 0 Å². The maximum Gasteiger partial charge on any atom is 0.240 e. The summed E-state index contributed by atoms with van der Waals surface area (Å²) in [6.07, 6.45) is 1.68. The van der Waals surface area contributed by atoms with Crippen LogP contribution < -0.4 is 4.90 Å². The van der Waals surface area contributed by atoms with Crippen LogP contribution >= 0.6 is 11.6 Å². The predicted molar refractivity (Wildman–Crippen MR) is 103 cm³/mol. The normalized spacial score (nSPS) is 17.1. The summed E-state index contributed by atoms with van der Waals surface area (Å²) in [6, 6.07) is 0. The maximum absolute atomic E-state index is 6.34. The van der Waals surface area contributed by atoms with E-state index in [4.69, 9.17) is 20.9 Å². The summed E-state index contributed by atoms with van der Waals surface area (Å²) in [5.41, 5.74) is 1.02. The van der Waals surface area contributed by atoms with E-state index < -0.39 is 0 Å². The van der Waals surface area contributed by atoms with Crippen LogP contribution in [0.25, 0.3) is 0 Å². The van der Waals surface area contributed by atoms with Crippen LogP contribution in [-0.2, 0) is 17.7 Å². The third-order valence-corrected chi connectivity index (χ3v) is 5.16. The Bertz CT molecular complexity index is 768. The second-order valence-electron chi connectivity index (χ2n) is 6.76. The molecule has 1 unspecified atom stereocenters. The Balaban J connectivity index is 1.67. The van der Waals surface area contributed by atoms with E-state index in [2.05, 4.69) is 36.8 Å². The molecule has 2 aromatic heterocycles. The molecule has 0 spiro atoms. The van der Waals surface area contributed by atoms with Gasteiger partial charge >= 0.3 is 0 Å². The smallest absolute Gasteiger partial charge is 0.240 e. The first kappa shape index (κ1) is 20.0. The van der Waals surface area contributed by atoms with Crippen molar-refractivity contribution >= 4 is 17.4 Å². The fourth-order valence-electron chi connectivity index (χ4n) is 3.25. The molecule has 1 saturated heterocycles. The summed E-state index contributed by atoms with van der Waals surface area (Å²) in [5.74, 6) is 2.88. The van der Waals surface area contributed by atoms with Gasteiger partial charge in [-0.2, -0.15) is 4.98 Å². The third-order valence-electron chi connectivity index (χ3n) is 4.85. The summed E-state index contributed by atoms with van der Waals surface area (Å²) in [5, 5.41) is 4.56. The van der Waals surface area contributed by atoms with Gasteiger partial charge in [0.1, 0.15) is 22.9 Å². The Kier molecular flexibility index (Phi) is 6.62. The van der Waals surface area contributed by atoms with Crippen LogP contribution in [0, 0.1) is 6.92 Å². The number of hydrogen-bond donors (Lipinski definition) is 0. The van der Waals surface area contributed by atoms with Crippen molar-refractivity contribution in [2.75, 3.05) is 38.2 Å². The molecule has 0 aromatic carbocycles. The van der Waals surface area contributed by atoms with Gasteiger partial charge in [-0.25, -0.2) is 9.97 Å². The van der Waals surface area contributed by atoms with Crippen molar-refractivity contribution < 1.29 is 9.26 Å². The molecule has 1 aliphatic rings. The number of methoxy groups -OCH3 is 1. The molecule has 0 saturated carbocycles. The summed E-state index contributed by atoms with van der Waals surface area (Å²) < 4.78 is 10.6. The number of rotatable bonds is 6. The molecule has 27 heavy (non-hydrogen) atoms. The summed E-state index contributed by atoms with van der Waals surface area (Å²) in [6.45, 7) is 10.2. The van der Waals surface area contributed by atoms with Crippen molar-refractivity contribution in [3.63, 3.8) is 0 Å². The SMILES string of the molecule is CCc1c(Cl)nc(C)nc1N1CCCN(Cc2nc(C(C)OC)no2)CC1. The molecule has 1 atom stereocenters. The average molecular weight is 395 g/mol. The van der Waals surface area contributed by atoms with Crippen molar-refractivity contribution in [3.8, 4) is 0 Å². The third kappa shape index (κ3) is 4.75. The van der Waals surface area contributed by atoms with E-state index >= 15 is 0 Å². The minimum absolute atomic E-state index is 0.166. The number of nitrogens with zero attached hydrogens (tertiary/aromatic N) is 6. The van der Waals surface area contributed by atoms with Crippen molar-refractivity contribution in [2.45, 2.75) is 46.3 Å². The molecule has 0 amide bonds. The molecule has 1 aliphatic heterocycles. The molecule has 3 heterocycles. The van der Waals surface area contributed by atoms with E-state index in [1.807, 2.05) is 13.8 Å². The van der Waals surface area contributed by atoms with E-state index in [0.717, 1.165) is 50.4 Å². The Hall–Kier alpha value is -1.77. The summed E-state index contributed by atoms with van der Waals surface area (Å²) in [7, 11) is 1.63. The number of hydrogen-bond acceptors (Lipinski definition) is 8.